The highest BCUT2D eigenvalue weighted by Crippen LogP contribution is 2.37. The van der Waals surface area contributed by atoms with Crippen LogP contribution >= 0.6 is 24.0 Å². The lowest BCUT2D eigenvalue weighted by atomic mass is 9.91. The normalized spacial score (nSPS) is 21.2. The van der Waals surface area contributed by atoms with Crippen LogP contribution in [-0.2, 0) is 11.3 Å². The molecule has 0 aliphatic carbocycles. The Morgan fingerprint density at radius 2 is 1.68 bits per heavy atom. The van der Waals surface area contributed by atoms with Crippen molar-refractivity contribution in [3.63, 3.8) is 0 Å². The largest absolute Gasteiger partial charge is 0.357 e. The molecule has 2 aliphatic heterocycles. The highest BCUT2D eigenvalue weighted by atomic mass is 32.2. The first-order valence-corrected chi connectivity index (χ1v) is 15.1. The van der Waals surface area contributed by atoms with E-state index in [1.807, 2.05) is 13.0 Å². The van der Waals surface area contributed by atoms with Gasteiger partial charge in [0.25, 0.3) is 11.5 Å². The van der Waals surface area contributed by atoms with E-state index in [9.17, 15) is 14.9 Å². The van der Waals surface area contributed by atoms with Crippen molar-refractivity contribution in [1.29, 1.82) is 5.26 Å². The number of aromatic nitrogens is 1. The van der Waals surface area contributed by atoms with E-state index in [0.717, 1.165) is 56.6 Å². The van der Waals surface area contributed by atoms with E-state index < -0.39 is 0 Å². The summed E-state index contributed by atoms with van der Waals surface area (Å²) in [5, 5.41) is 9.92. The van der Waals surface area contributed by atoms with Gasteiger partial charge in [-0.25, -0.2) is 0 Å². The lowest BCUT2D eigenvalue weighted by molar-refractivity contribution is -0.122. The fourth-order valence-corrected chi connectivity index (χ4v) is 6.83. The van der Waals surface area contributed by atoms with E-state index in [1.54, 1.807) is 9.47 Å². The molecule has 3 rings (SSSR count). The van der Waals surface area contributed by atoms with E-state index in [2.05, 4.69) is 38.7 Å². The van der Waals surface area contributed by atoms with Gasteiger partial charge < -0.3 is 4.90 Å². The van der Waals surface area contributed by atoms with Gasteiger partial charge in [-0.1, -0.05) is 83.8 Å². The number of carbonyl (C=O) groups excluding carboxylic acids is 1. The zero-order valence-corrected chi connectivity index (χ0v) is 24.8. The zero-order valence-electron chi connectivity index (χ0n) is 23.1. The minimum Gasteiger partial charge on any atom is -0.357 e. The SMILES string of the molecule is CCCCCCCN1C(=O)/C(=C/c2c(C)c(C#N)c(=O)n(CCCC)c2N2CC(C)CC(C)C2)SC1=S. The van der Waals surface area contributed by atoms with Crippen molar-refractivity contribution >= 4 is 46.1 Å². The molecule has 2 fully saturated rings. The topological polar surface area (TPSA) is 69.3 Å². The van der Waals surface area contributed by atoms with E-state index in [4.69, 9.17) is 12.2 Å². The van der Waals surface area contributed by atoms with E-state index >= 15 is 0 Å². The first-order chi connectivity index (χ1) is 17.7. The Morgan fingerprint density at radius 3 is 2.30 bits per heavy atom. The van der Waals surface area contributed by atoms with E-state index in [0.29, 0.717) is 39.7 Å². The molecule has 202 valence electrons. The number of nitrogens with zero attached hydrogens (tertiary/aromatic N) is 4. The predicted molar refractivity (Wildman–Crippen MR) is 159 cm³/mol. The molecule has 0 aromatic carbocycles. The van der Waals surface area contributed by atoms with Crippen LogP contribution in [0.1, 0.15) is 95.8 Å². The molecule has 1 aromatic rings. The number of thiocarbonyl (C=S) groups is 1. The number of anilines is 1. The molecule has 0 saturated carbocycles. The number of hydrogen-bond donors (Lipinski definition) is 0. The summed E-state index contributed by atoms with van der Waals surface area (Å²) in [6.45, 7) is 13.5. The van der Waals surface area contributed by atoms with Gasteiger partial charge in [0, 0.05) is 31.7 Å². The Bertz CT molecular complexity index is 1120. The fourth-order valence-electron chi connectivity index (χ4n) is 5.54. The van der Waals surface area contributed by atoms with Crippen LogP contribution in [0.3, 0.4) is 0 Å². The number of unbranched alkanes of at least 4 members (excludes halogenated alkanes) is 5. The van der Waals surface area contributed by atoms with Gasteiger partial charge in [-0.2, -0.15) is 5.26 Å². The monoisotopic (exact) mass is 542 g/mol. The molecule has 0 N–H and O–H groups in total. The van der Waals surface area contributed by atoms with Crippen LogP contribution in [0.2, 0.25) is 0 Å². The molecule has 2 unspecified atom stereocenters. The van der Waals surface area contributed by atoms with Gasteiger partial charge in [-0.05, 0) is 49.7 Å². The van der Waals surface area contributed by atoms with Gasteiger partial charge in [0.2, 0.25) is 0 Å². The lowest BCUT2D eigenvalue weighted by Crippen LogP contribution is -2.43. The maximum Gasteiger partial charge on any atom is 0.270 e. The van der Waals surface area contributed by atoms with Crippen molar-refractivity contribution in [2.24, 2.45) is 11.8 Å². The standard InChI is InChI=1S/C29H42N4O2S2/c1-6-8-10-11-12-14-33-28(35)25(37-29(33)36)16-23-22(5)24(17-30)27(34)32(13-9-7-2)26(23)31-18-20(3)15-21(4)19-31/h16,20-21H,6-15,18-19H2,1-5H3/b25-16-. The molecule has 2 aliphatic rings. The fraction of sp³-hybridized carbons (Fsp3) is 0.655. The molecule has 0 radical (unpaired) electrons. The van der Waals surface area contributed by atoms with Crippen LogP contribution in [-0.4, -0.2) is 39.3 Å². The number of hydrogen-bond acceptors (Lipinski definition) is 6. The second-order valence-corrected chi connectivity index (χ2v) is 12.4. The number of rotatable bonds is 11. The third kappa shape index (κ3) is 6.86. The zero-order chi connectivity index (χ0) is 27.1. The summed E-state index contributed by atoms with van der Waals surface area (Å²) in [6.07, 6.45) is 10.4. The minimum atomic E-state index is -0.230. The van der Waals surface area contributed by atoms with Crippen molar-refractivity contribution in [3.05, 3.63) is 31.9 Å². The smallest absolute Gasteiger partial charge is 0.270 e. The van der Waals surface area contributed by atoms with Gasteiger partial charge in [0.05, 0.1) is 4.91 Å². The molecule has 0 spiro atoms. The summed E-state index contributed by atoms with van der Waals surface area (Å²) >= 11 is 6.93. The third-order valence-electron chi connectivity index (χ3n) is 7.38. The summed E-state index contributed by atoms with van der Waals surface area (Å²) in [6, 6.07) is 2.16. The lowest BCUT2D eigenvalue weighted by Gasteiger charge is -2.39. The summed E-state index contributed by atoms with van der Waals surface area (Å²) < 4.78 is 2.38. The Hall–Kier alpha value is -2.11. The molecular weight excluding hydrogens is 500 g/mol. The number of amides is 1. The number of pyridine rings is 1. The van der Waals surface area contributed by atoms with Crippen LogP contribution in [0.4, 0.5) is 5.82 Å². The molecule has 2 saturated heterocycles. The molecule has 6 nitrogen and oxygen atoms in total. The van der Waals surface area contributed by atoms with Gasteiger partial charge in [-0.3, -0.25) is 19.1 Å². The Kier molecular flexibility index (Phi) is 10.8. The van der Waals surface area contributed by atoms with Crippen LogP contribution in [0, 0.1) is 30.1 Å². The molecule has 37 heavy (non-hydrogen) atoms. The van der Waals surface area contributed by atoms with Gasteiger partial charge in [0.15, 0.2) is 0 Å². The summed E-state index contributed by atoms with van der Waals surface area (Å²) in [4.78, 5) is 31.5. The van der Waals surface area contributed by atoms with Crippen molar-refractivity contribution in [1.82, 2.24) is 9.47 Å². The second-order valence-electron chi connectivity index (χ2n) is 10.8. The summed E-state index contributed by atoms with van der Waals surface area (Å²) in [5.74, 6) is 1.76. The average Bonchev–Trinajstić information content (AvgIpc) is 3.11. The molecule has 3 heterocycles. The van der Waals surface area contributed by atoms with Crippen LogP contribution in [0.25, 0.3) is 6.08 Å². The first-order valence-electron chi connectivity index (χ1n) is 13.9. The van der Waals surface area contributed by atoms with E-state index in [1.165, 1.54) is 31.0 Å². The van der Waals surface area contributed by atoms with Crippen molar-refractivity contribution < 1.29 is 4.79 Å². The Morgan fingerprint density at radius 1 is 1.03 bits per heavy atom. The molecule has 2 atom stereocenters. The van der Waals surface area contributed by atoms with Gasteiger partial charge in [-0.15, -0.1) is 0 Å². The molecule has 1 amide bonds. The van der Waals surface area contributed by atoms with Crippen molar-refractivity contribution in [2.45, 2.75) is 92.5 Å². The van der Waals surface area contributed by atoms with Crippen molar-refractivity contribution in [2.75, 3.05) is 24.5 Å². The van der Waals surface area contributed by atoms with Crippen LogP contribution < -0.4 is 10.5 Å². The maximum absolute atomic E-state index is 13.5. The van der Waals surface area contributed by atoms with Crippen LogP contribution in [0.15, 0.2) is 9.70 Å². The number of carbonyl (C=O) groups is 1. The number of nitriles is 1. The number of thioether (sulfide) groups is 1. The average molecular weight is 543 g/mol. The Labute approximate surface area is 232 Å². The third-order valence-corrected chi connectivity index (χ3v) is 8.76. The van der Waals surface area contributed by atoms with Gasteiger partial charge >= 0.3 is 0 Å². The minimum absolute atomic E-state index is 0.0685. The quantitative estimate of drug-likeness (QED) is 0.181. The second kappa shape index (κ2) is 13.6. The number of piperidine rings is 1. The molecule has 8 heteroatoms. The Balaban J connectivity index is 2.07. The molecule has 1 aromatic heterocycles. The highest BCUT2D eigenvalue weighted by molar-refractivity contribution is 8.26. The maximum atomic E-state index is 13.5. The molecular formula is C29H42N4O2S2. The summed E-state index contributed by atoms with van der Waals surface area (Å²) in [7, 11) is 0. The van der Waals surface area contributed by atoms with Gasteiger partial charge in [0.1, 0.15) is 21.8 Å². The van der Waals surface area contributed by atoms with E-state index in [-0.39, 0.29) is 17.0 Å². The predicted octanol–water partition coefficient (Wildman–Crippen LogP) is 6.48. The highest BCUT2D eigenvalue weighted by Gasteiger charge is 2.34. The summed E-state index contributed by atoms with van der Waals surface area (Å²) in [5.41, 5.74) is 1.38. The van der Waals surface area contributed by atoms with Crippen molar-refractivity contribution in [3.8, 4) is 6.07 Å². The molecule has 0 bridgehead atoms. The van der Waals surface area contributed by atoms with Crippen LogP contribution in [0.5, 0.6) is 0 Å². The first kappa shape index (κ1) is 29.4.